The van der Waals surface area contributed by atoms with Crippen molar-refractivity contribution in [3.63, 3.8) is 0 Å². The van der Waals surface area contributed by atoms with Crippen molar-refractivity contribution in [2.45, 2.75) is 0 Å². The molecule has 1 aliphatic rings. The van der Waals surface area contributed by atoms with Crippen LogP contribution in [0.4, 0.5) is 0 Å². The average molecular weight is 620 g/mol. The van der Waals surface area contributed by atoms with E-state index in [0.717, 1.165) is 0 Å². The third-order valence-corrected chi connectivity index (χ3v) is 10.7. The van der Waals surface area contributed by atoms with Gasteiger partial charge in [-0.05, 0) is 125 Å². The Labute approximate surface area is 283 Å². The molecule has 9 aromatic carbocycles. The van der Waals surface area contributed by atoms with Gasteiger partial charge in [-0.1, -0.05) is 127 Å². The van der Waals surface area contributed by atoms with E-state index in [2.05, 4.69) is 180 Å². The van der Waals surface area contributed by atoms with Gasteiger partial charge in [-0.2, -0.15) is 0 Å². The minimum atomic E-state index is 1.18. The van der Waals surface area contributed by atoms with E-state index in [1.807, 2.05) is 0 Å². The summed E-state index contributed by atoms with van der Waals surface area (Å²) in [5, 5.41) is 10.5. The highest BCUT2D eigenvalue weighted by Gasteiger charge is 2.24. The smallest absolute Gasteiger partial charge is 0.0541 e. The summed E-state index contributed by atoms with van der Waals surface area (Å²) in [4.78, 5) is 0. The maximum absolute atomic E-state index is 2.44. The summed E-state index contributed by atoms with van der Waals surface area (Å²) in [6.45, 7) is 0. The van der Waals surface area contributed by atoms with E-state index in [9.17, 15) is 0 Å². The Hall–Kier alpha value is -6.44. The van der Waals surface area contributed by atoms with Gasteiger partial charge in [-0.25, -0.2) is 0 Å². The molecule has 0 N–H and O–H groups in total. The SMILES string of the molecule is c1ccc(-n2c3ccccc3c3cc(-c4cccc(-c5ccc6c(c5)-c5cc7c8ccccc8ccc7c7cccc-6c57)c4)ccc32)cc1. The molecule has 11 rings (SSSR count). The topological polar surface area (TPSA) is 4.93 Å². The van der Waals surface area contributed by atoms with E-state index in [4.69, 9.17) is 0 Å². The van der Waals surface area contributed by atoms with E-state index in [1.165, 1.54) is 104 Å². The van der Waals surface area contributed by atoms with Crippen molar-refractivity contribution in [1.82, 2.24) is 4.57 Å². The molecule has 0 unspecified atom stereocenters. The molecular weight excluding hydrogens is 591 g/mol. The molecule has 0 amide bonds. The summed E-state index contributed by atoms with van der Waals surface area (Å²) in [6.07, 6.45) is 0. The number of aromatic nitrogens is 1. The van der Waals surface area contributed by atoms with Crippen molar-refractivity contribution < 1.29 is 0 Å². The summed E-state index contributed by atoms with van der Waals surface area (Å²) in [6, 6.07) is 65.0. The van der Waals surface area contributed by atoms with E-state index >= 15 is 0 Å². The maximum Gasteiger partial charge on any atom is 0.0541 e. The van der Waals surface area contributed by atoms with Crippen molar-refractivity contribution in [3.8, 4) is 50.2 Å². The summed E-state index contributed by atoms with van der Waals surface area (Å²) < 4.78 is 2.37. The molecule has 0 saturated heterocycles. The van der Waals surface area contributed by atoms with Gasteiger partial charge in [0.2, 0.25) is 0 Å². The zero-order valence-electron chi connectivity index (χ0n) is 26.7. The first kappa shape index (κ1) is 26.6. The zero-order valence-corrected chi connectivity index (χ0v) is 26.7. The molecule has 1 aliphatic carbocycles. The minimum Gasteiger partial charge on any atom is -0.309 e. The second kappa shape index (κ2) is 10.0. The van der Waals surface area contributed by atoms with Crippen LogP contribution in [0.2, 0.25) is 0 Å². The van der Waals surface area contributed by atoms with Crippen molar-refractivity contribution in [3.05, 3.63) is 176 Å². The Kier molecular flexibility index (Phi) is 5.45. The first-order valence-electron chi connectivity index (χ1n) is 17.0. The van der Waals surface area contributed by atoms with Gasteiger partial charge in [0.05, 0.1) is 11.0 Å². The first-order chi connectivity index (χ1) is 24.3. The molecule has 49 heavy (non-hydrogen) atoms. The molecule has 10 aromatic rings. The van der Waals surface area contributed by atoms with E-state index in [-0.39, 0.29) is 0 Å². The molecule has 226 valence electrons. The van der Waals surface area contributed by atoms with Crippen LogP contribution in [0.1, 0.15) is 0 Å². The molecule has 0 atom stereocenters. The van der Waals surface area contributed by atoms with Crippen molar-refractivity contribution in [2.75, 3.05) is 0 Å². The molecule has 1 aromatic heterocycles. The highest BCUT2D eigenvalue weighted by molar-refractivity contribution is 6.27. The second-order valence-electron chi connectivity index (χ2n) is 13.3. The molecule has 1 heterocycles. The van der Waals surface area contributed by atoms with Gasteiger partial charge < -0.3 is 4.57 Å². The molecular formula is C48H29N. The van der Waals surface area contributed by atoms with Crippen molar-refractivity contribution in [1.29, 1.82) is 0 Å². The largest absolute Gasteiger partial charge is 0.309 e. The fraction of sp³-hybridized carbons (Fsp3) is 0. The summed E-state index contributed by atoms with van der Waals surface area (Å²) in [5.74, 6) is 0. The van der Waals surface area contributed by atoms with Gasteiger partial charge in [0.15, 0.2) is 0 Å². The van der Waals surface area contributed by atoms with Crippen LogP contribution in [0, 0.1) is 0 Å². The fourth-order valence-corrected chi connectivity index (χ4v) is 8.47. The van der Waals surface area contributed by atoms with Crippen LogP contribution in [0.3, 0.4) is 0 Å². The molecule has 0 bridgehead atoms. The van der Waals surface area contributed by atoms with E-state index in [1.54, 1.807) is 0 Å². The number of rotatable bonds is 3. The van der Waals surface area contributed by atoms with Gasteiger partial charge in [0.1, 0.15) is 0 Å². The van der Waals surface area contributed by atoms with E-state index < -0.39 is 0 Å². The molecule has 0 radical (unpaired) electrons. The monoisotopic (exact) mass is 619 g/mol. The number of para-hydroxylation sites is 2. The Morgan fingerprint density at radius 3 is 1.88 bits per heavy atom. The third-order valence-electron chi connectivity index (χ3n) is 10.7. The lowest BCUT2D eigenvalue weighted by Gasteiger charge is -2.11. The number of hydrogen-bond acceptors (Lipinski definition) is 0. The number of hydrogen-bond donors (Lipinski definition) is 0. The van der Waals surface area contributed by atoms with Gasteiger partial charge >= 0.3 is 0 Å². The van der Waals surface area contributed by atoms with Crippen molar-refractivity contribution >= 4 is 54.1 Å². The van der Waals surface area contributed by atoms with E-state index in [0.29, 0.717) is 0 Å². The highest BCUT2D eigenvalue weighted by Crippen LogP contribution is 2.51. The Morgan fingerprint density at radius 1 is 0.286 bits per heavy atom. The lowest BCUT2D eigenvalue weighted by molar-refractivity contribution is 1.18. The van der Waals surface area contributed by atoms with Crippen LogP contribution in [-0.2, 0) is 0 Å². The Bertz CT molecular complexity index is 2980. The van der Waals surface area contributed by atoms with Gasteiger partial charge in [0, 0.05) is 16.5 Å². The molecule has 0 aliphatic heterocycles. The number of fused-ring (bicyclic) bond motifs is 10. The normalized spacial score (nSPS) is 12.1. The summed E-state index contributed by atoms with van der Waals surface area (Å²) >= 11 is 0. The van der Waals surface area contributed by atoms with Crippen LogP contribution >= 0.6 is 0 Å². The second-order valence-corrected chi connectivity index (χ2v) is 13.3. The van der Waals surface area contributed by atoms with Gasteiger partial charge in [0.25, 0.3) is 0 Å². The third kappa shape index (κ3) is 3.82. The quantitative estimate of drug-likeness (QED) is 0.173. The fourth-order valence-electron chi connectivity index (χ4n) is 8.47. The predicted octanol–water partition coefficient (Wildman–Crippen LogP) is 13.2. The molecule has 1 heteroatoms. The average Bonchev–Trinajstić information content (AvgIpc) is 3.68. The van der Waals surface area contributed by atoms with Gasteiger partial charge in [-0.3, -0.25) is 0 Å². The van der Waals surface area contributed by atoms with Crippen LogP contribution in [0.15, 0.2) is 176 Å². The highest BCUT2D eigenvalue weighted by atomic mass is 15.0. The maximum atomic E-state index is 2.44. The lowest BCUT2D eigenvalue weighted by atomic mass is 9.92. The van der Waals surface area contributed by atoms with Crippen LogP contribution in [0.25, 0.3) is 104 Å². The Morgan fingerprint density at radius 2 is 0.980 bits per heavy atom. The van der Waals surface area contributed by atoms with Crippen LogP contribution in [0.5, 0.6) is 0 Å². The molecule has 0 saturated carbocycles. The standard InChI is InChI=1S/C48H29N/c1-2-13-35(14-3-1)49-46-19-7-6-16-39(46)44-28-34(22-25-47(44)49)32-12-8-11-31(26-32)33-21-24-37-40-17-9-18-41-38-23-20-30-10-4-5-15-36(30)43(38)29-45(48(40)41)42(37)27-33/h1-29H. The molecule has 0 fully saturated rings. The minimum absolute atomic E-state index is 1.18. The molecule has 1 nitrogen and oxygen atoms in total. The number of benzene rings is 9. The lowest BCUT2D eigenvalue weighted by Crippen LogP contribution is -1.92. The van der Waals surface area contributed by atoms with Crippen LogP contribution in [-0.4, -0.2) is 4.57 Å². The van der Waals surface area contributed by atoms with Crippen LogP contribution < -0.4 is 0 Å². The predicted molar refractivity (Wildman–Crippen MR) is 209 cm³/mol. The summed E-state index contributed by atoms with van der Waals surface area (Å²) in [5.41, 5.74) is 13.8. The zero-order chi connectivity index (χ0) is 32.1. The van der Waals surface area contributed by atoms with Crippen molar-refractivity contribution in [2.24, 2.45) is 0 Å². The number of nitrogens with zero attached hydrogens (tertiary/aromatic N) is 1. The first-order valence-corrected chi connectivity index (χ1v) is 17.0. The summed E-state index contributed by atoms with van der Waals surface area (Å²) in [7, 11) is 0. The van der Waals surface area contributed by atoms with Gasteiger partial charge in [-0.15, -0.1) is 0 Å². The Balaban J connectivity index is 1.06. The molecule has 0 spiro atoms.